The van der Waals surface area contributed by atoms with Crippen molar-refractivity contribution < 1.29 is 14.3 Å². The van der Waals surface area contributed by atoms with E-state index in [2.05, 4.69) is 26.3 Å². The van der Waals surface area contributed by atoms with E-state index < -0.39 is 0 Å². The predicted octanol–water partition coefficient (Wildman–Crippen LogP) is 2.47. The number of carbonyl (C=O) groups excluding carboxylic acids is 1. The molecule has 1 unspecified atom stereocenters. The molecule has 2 rings (SSSR count). The second kappa shape index (κ2) is 13.0. The molecule has 0 aromatic heterocycles. The van der Waals surface area contributed by atoms with E-state index in [-0.39, 0.29) is 18.2 Å². The van der Waals surface area contributed by atoms with E-state index in [9.17, 15) is 4.79 Å². The number of carbonyl (C=O) groups is 1. The van der Waals surface area contributed by atoms with Crippen LogP contribution in [0.25, 0.3) is 0 Å². The molecular weight excluding hydrogens is 370 g/mol. The standard InChI is InChI=1S/C21H35N5O3/c1-4-22-20(23-11-5-12-29-19-10-13-28-15-19)24-14-17-6-8-18(9-7-17)26-21(27)25-16(2)3/h6-9,16,19H,4-5,10-15H2,1-3H3,(H2,22,23,24)(H2,25,26,27). The van der Waals surface area contributed by atoms with Crippen molar-refractivity contribution in [3.8, 4) is 0 Å². The van der Waals surface area contributed by atoms with Crippen molar-refractivity contribution in [2.45, 2.75) is 52.3 Å². The second-order valence-electron chi connectivity index (χ2n) is 7.28. The molecule has 1 saturated heterocycles. The summed E-state index contributed by atoms with van der Waals surface area (Å²) in [5, 5.41) is 12.2. The zero-order chi connectivity index (χ0) is 20.9. The number of nitrogens with zero attached hydrogens (tertiary/aromatic N) is 1. The van der Waals surface area contributed by atoms with Crippen molar-refractivity contribution in [2.24, 2.45) is 4.99 Å². The minimum Gasteiger partial charge on any atom is -0.379 e. The Labute approximate surface area is 173 Å². The Morgan fingerprint density at radius 3 is 2.72 bits per heavy atom. The molecule has 8 heteroatoms. The summed E-state index contributed by atoms with van der Waals surface area (Å²) in [5.41, 5.74) is 1.83. The maximum atomic E-state index is 11.7. The van der Waals surface area contributed by atoms with Crippen LogP contribution >= 0.6 is 0 Å². The third-order valence-corrected chi connectivity index (χ3v) is 4.25. The van der Waals surface area contributed by atoms with E-state index >= 15 is 0 Å². The lowest BCUT2D eigenvalue weighted by Crippen LogP contribution is -2.38. The molecule has 0 aliphatic carbocycles. The number of benzene rings is 1. The summed E-state index contributed by atoms with van der Waals surface area (Å²) in [5.74, 6) is 0.787. The molecule has 0 radical (unpaired) electrons. The van der Waals surface area contributed by atoms with Crippen LogP contribution in [0.5, 0.6) is 0 Å². The van der Waals surface area contributed by atoms with Gasteiger partial charge in [0.15, 0.2) is 5.96 Å². The van der Waals surface area contributed by atoms with Gasteiger partial charge >= 0.3 is 6.03 Å². The van der Waals surface area contributed by atoms with Gasteiger partial charge in [-0.15, -0.1) is 0 Å². The summed E-state index contributed by atoms with van der Waals surface area (Å²) in [6, 6.07) is 7.60. The zero-order valence-electron chi connectivity index (χ0n) is 17.8. The number of rotatable bonds is 10. The molecule has 8 nitrogen and oxygen atoms in total. The van der Waals surface area contributed by atoms with E-state index in [1.807, 2.05) is 45.0 Å². The lowest BCUT2D eigenvalue weighted by molar-refractivity contribution is 0.0420. The first kappa shape index (κ1) is 23.0. The molecule has 1 fully saturated rings. The average Bonchev–Trinajstić information content (AvgIpc) is 3.19. The molecule has 1 aliphatic heterocycles. The number of urea groups is 1. The number of hydrogen-bond acceptors (Lipinski definition) is 4. The number of guanidine groups is 1. The first-order chi connectivity index (χ1) is 14.1. The Kier molecular flexibility index (Phi) is 10.3. The lowest BCUT2D eigenvalue weighted by atomic mass is 10.2. The van der Waals surface area contributed by atoms with Crippen LogP contribution in [-0.2, 0) is 16.0 Å². The largest absolute Gasteiger partial charge is 0.379 e. The molecule has 0 bridgehead atoms. The minimum absolute atomic E-state index is 0.101. The maximum absolute atomic E-state index is 11.7. The highest BCUT2D eigenvalue weighted by Crippen LogP contribution is 2.10. The fourth-order valence-electron chi connectivity index (χ4n) is 2.81. The smallest absolute Gasteiger partial charge is 0.319 e. The quantitative estimate of drug-likeness (QED) is 0.272. The van der Waals surface area contributed by atoms with Crippen molar-refractivity contribution in [1.82, 2.24) is 16.0 Å². The Bertz CT molecular complexity index is 628. The monoisotopic (exact) mass is 405 g/mol. The van der Waals surface area contributed by atoms with E-state index in [0.29, 0.717) is 13.2 Å². The number of hydrogen-bond donors (Lipinski definition) is 4. The molecule has 1 atom stereocenters. The van der Waals surface area contributed by atoms with E-state index in [4.69, 9.17) is 9.47 Å². The van der Waals surface area contributed by atoms with Crippen molar-refractivity contribution in [3.63, 3.8) is 0 Å². The van der Waals surface area contributed by atoms with E-state index in [0.717, 1.165) is 56.4 Å². The summed E-state index contributed by atoms with van der Waals surface area (Å²) >= 11 is 0. The summed E-state index contributed by atoms with van der Waals surface area (Å²) in [6.45, 7) is 10.3. The van der Waals surface area contributed by atoms with E-state index in [1.165, 1.54) is 0 Å². The highest BCUT2D eigenvalue weighted by molar-refractivity contribution is 5.89. The summed E-state index contributed by atoms with van der Waals surface area (Å²) in [4.78, 5) is 16.4. The first-order valence-corrected chi connectivity index (χ1v) is 10.4. The molecule has 0 saturated carbocycles. The SMILES string of the molecule is CCNC(=NCc1ccc(NC(=O)NC(C)C)cc1)NCCCOC1CCOC1. The summed E-state index contributed by atoms with van der Waals surface area (Å²) in [6.07, 6.45) is 2.17. The Morgan fingerprint density at radius 2 is 2.07 bits per heavy atom. The fourth-order valence-corrected chi connectivity index (χ4v) is 2.81. The van der Waals surface area contributed by atoms with Crippen LogP contribution in [0.15, 0.2) is 29.3 Å². The van der Waals surface area contributed by atoms with Gasteiger partial charge in [0.25, 0.3) is 0 Å². The molecule has 1 heterocycles. The number of ether oxygens (including phenoxy) is 2. The Balaban J connectivity index is 1.72. The van der Waals surface area contributed by atoms with Crippen LogP contribution < -0.4 is 21.3 Å². The third-order valence-electron chi connectivity index (χ3n) is 4.25. The van der Waals surface area contributed by atoms with E-state index in [1.54, 1.807) is 0 Å². The number of aliphatic imine (C=N–C) groups is 1. The predicted molar refractivity (Wildman–Crippen MR) is 116 cm³/mol. The van der Waals surface area contributed by atoms with Crippen molar-refractivity contribution in [3.05, 3.63) is 29.8 Å². The molecule has 162 valence electrons. The number of nitrogens with one attached hydrogen (secondary N) is 4. The van der Waals surface area contributed by atoms with Gasteiger partial charge < -0.3 is 30.7 Å². The van der Waals surface area contributed by atoms with Gasteiger partial charge in [0, 0.05) is 38.0 Å². The molecular formula is C21H35N5O3. The average molecular weight is 406 g/mol. The van der Waals surface area contributed by atoms with Gasteiger partial charge in [-0.25, -0.2) is 9.79 Å². The van der Waals surface area contributed by atoms with Gasteiger partial charge in [-0.3, -0.25) is 0 Å². The van der Waals surface area contributed by atoms with Crippen molar-refractivity contribution >= 4 is 17.7 Å². The van der Waals surface area contributed by atoms with Gasteiger partial charge in [-0.2, -0.15) is 0 Å². The second-order valence-corrected chi connectivity index (χ2v) is 7.28. The van der Waals surface area contributed by atoms with Crippen LogP contribution in [0.3, 0.4) is 0 Å². The summed E-state index contributed by atoms with van der Waals surface area (Å²) < 4.78 is 11.1. The fraction of sp³-hybridized carbons (Fsp3) is 0.619. The molecule has 29 heavy (non-hydrogen) atoms. The number of anilines is 1. The van der Waals surface area contributed by atoms with Gasteiger partial charge in [0.2, 0.25) is 0 Å². The third kappa shape index (κ3) is 9.62. The Morgan fingerprint density at radius 1 is 1.28 bits per heavy atom. The van der Waals surface area contributed by atoms with Crippen LogP contribution in [-0.4, -0.2) is 57.0 Å². The van der Waals surface area contributed by atoms with Crippen LogP contribution in [0.2, 0.25) is 0 Å². The van der Waals surface area contributed by atoms with Gasteiger partial charge in [0.1, 0.15) is 0 Å². The summed E-state index contributed by atoms with van der Waals surface area (Å²) in [7, 11) is 0. The number of amides is 2. The topological polar surface area (TPSA) is 96.0 Å². The van der Waals surface area contributed by atoms with Crippen LogP contribution in [0.1, 0.15) is 39.2 Å². The molecule has 2 amide bonds. The lowest BCUT2D eigenvalue weighted by Gasteiger charge is -2.13. The maximum Gasteiger partial charge on any atom is 0.319 e. The van der Waals surface area contributed by atoms with Crippen molar-refractivity contribution in [1.29, 1.82) is 0 Å². The molecule has 1 aromatic carbocycles. The van der Waals surface area contributed by atoms with Gasteiger partial charge in [-0.1, -0.05) is 12.1 Å². The normalized spacial score (nSPS) is 16.7. The van der Waals surface area contributed by atoms with Gasteiger partial charge in [0.05, 0.1) is 19.3 Å². The first-order valence-electron chi connectivity index (χ1n) is 10.4. The van der Waals surface area contributed by atoms with Crippen molar-refractivity contribution in [2.75, 3.05) is 38.2 Å². The molecule has 1 aromatic rings. The molecule has 4 N–H and O–H groups in total. The highest BCUT2D eigenvalue weighted by Gasteiger charge is 2.15. The Hall–Kier alpha value is -2.32. The minimum atomic E-state index is -0.200. The molecule has 1 aliphatic rings. The van der Waals surface area contributed by atoms with Crippen LogP contribution in [0.4, 0.5) is 10.5 Å². The van der Waals surface area contributed by atoms with Gasteiger partial charge in [-0.05, 0) is 51.3 Å². The van der Waals surface area contributed by atoms with Crippen LogP contribution in [0, 0.1) is 0 Å². The molecule has 0 spiro atoms. The zero-order valence-corrected chi connectivity index (χ0v) is 17.8. The highest BCUT2D eigenvalue weighted by atomic mass is 16.5.